The molecule has 0 saturated heterocycles. The molecule has 8 heteroatoms. The number of alkyl halides is 2. The van der Waals surface area contributed by atoms with Crippen LogP contribution in [0.5, 0.6) is 5.75 Å². The van der Waals surface area contributed by atoms with Crippen LogP contribution in [0.15, 0.2) is 28.7 Å². The van der Waals surface area contributed by atoms with Crippen LogP contribution in [0.2, 0.25) is 0 Å². The molecule has 0 atom stereocenters. The van der Waals surface area contributed by atoms with E-state index >= 15 is 0 Å². The van der Waals surface area contributed by atoms with Crippen molar-refractivity contribution >= 4 is 15.9 Å². The van der Waals surface area contributed by atoms with Gasteiger partial charge in [0.05, 0.1) is 5.56 Å². The Labute approximate surface area is 123 Å². The summed E-state index contributed by atoms with van der Waals surface area (Å²) in [5.41, 5.74) is -1.16. The first kappa shape index (κ1) is 15.7. The van der Waals surface area contributed by atoms with Crippen LogP contribution < -0.4 is 4.74 Å². The summed E-state index contributed by atoms with van der Waals surface area (Å²) in [5.74, 6) is -6.43. The maximum atomic E-state index is 13.7. The highest BCUT2D eigenvalue weighted by Gasteiger charge is 2.20. The van der Waals surface area contributed by atoms with Crippen LogP contribution in [0.1, 0.15) is 0 Å². The SMILES string of the molecule is Fc1cc(-c2c(F)cc(Br)cc2F)cc(F)c1OC(F)F. The molecule has 0 aliphatic carbocycles. The molecule has 2 aromatic rings. The van der Waals surface area contributed by atoms with Crippen LogP contribution in [0, 0.1) is 23.3 Å². The number of hydrogen-bond acceptors (Lipinski definition) is 1. The zero-order valence-corrected chi connectivity index (χ0v) is 11.5. The van der Waals surface area contributed by atoms with Crippen molar-refractivity contribution in [1.29, 1.82) is 0 Å². The Kier molecular flexibility index (Phi) is 4.46. The predicted molar refractivity (Wildman–Crippen MR) is 66.0 cm³/mol. The van der Waals surface area contributed by atoms with E-state index in [0.717, 1.165) is 12.1 Å². The lowest BCUT2D eigenvalue weighted by atomic mass is 10.0. The fraction of sp³-hybridized carbons (Fsp3) is 0.0769. The van der Waals surface area contributed by atoms with Gasteiger partial charge in [0.25, 0.3) is 0 Å². The Balaban J connectivity index is 2.57. The van der Waals surface area contributed by atoms with Gasteiger partial charge in [0.15, 0.2) is 17.4 Å². The molecular formula is C13H5BrF6O. The van der Waals surface area contributed by atoms with Gasteiger partial charge in [-0.25, -0.2) is 17.6 Å². The van der Waals surface area contributed by atoms with E-state index in [1.54, 1.807) is 0 Å². The summed E-state index contributed by atoms with van der Waals surface area (Å²) in [4.78, 5) is 0. The largest absolute Gasteiger partial charge is 0.429 e. The molecule has 112 valence electrons. The molecule has 1 nitrogen and oxygen atoms in total. The third-order valence-electron chi connectivity index (χ3n) is 2.50. The molecule has 0 amide bonds. The molecule has 0 saturated carbocycles. The van der Waals surface area contributed by atoms with Crippen LogP contribution in [0.4, 0.5) is 26.3 Å². The van der Waals surface area contributed by atoms with E-state index in [4.69, 9.17) is 0 Å². The zero-order chi connectivity index (χ0) is 15.7. The summed E-state index contributed by atoms with van der Waals surface area (Å²) in [6.07, 6.45) is 0. The van der Waals surface area contributed by atoms with E-state index in [0.29, 0.717) is 12.1 Å². The van der Waals surface area contributed by atoms with E-state index in [1.807, 2.05) is 0 Å². The van der Waals surface area contributed by atoms with E-state index in [-0.39, 0.29) is 4.47 Å². The summed E-state index contributed by atoms with van der Waals surface area (Å²) in [6.45, 7) is -3.43. The third-order valence-corrected chi connectivity index (χ3v) is 2.96. The van der Waals surface area contributed by atoms with Crippen molar-refractivity contribution in [3.05, 3.63) is 52.0 Å². The van der Waals surface area contributed by atoms with Crippen LogP contribution in [-0.2, 0) is 0 Å². The average molecular weight is 371 g/mol. The molecule has 2 rings (SSSR count). The highest BCUT2D eigenvalue weighted by molar-refractivity contribution is 9.10. The monoisotopic (exact) mass is 370 g/mol. The average Bonchev–Trinajstić information content (AvgIpc) is 2.32. The summed E-state index contributed by atoms with van der Waals surface area (Å²) < 4.78 is 82.3. The van der Waals surface area contributed by atoms with Gasteiger partial charge in [0.1, 0.15) is 11.6 Å². The number of benzene rings is 2. The summed E-state index contributed by atoms with van der Waals surface area (Å²) >= 11 is 2.86. The van der Waals surface area contributed by atoms with Crippen molar-refractivity contribution in [1.82, 2.24) is 0 Å². The summed E-state index contributed by atoms with van der Waals surface area (Å²) in [7, 11) is 0. The van der Waals surface area contributed by atoms with Gasteiger partial charge in [0.2, 0.25) is 0 Å². The van der Waals surface area contributed by atoms with Gasteiger partial charge in [-0.05, 0) is 29.8 Å². The van der Waals surface area contributed by atoms with Gasteiger partial charge in [-0.1, -0.05) is 15.9 Å². The zero-order valence-electron chi connectivity index (χ0n) is 9.94. The quantitative estimate of drug-likeness (QED) is 0.668. The second-order valence-electron chi connectivity index (χ2n) is 3.89. The van der Waals surface area contributed by atoms with Gasteiger partial charge in [-0.15, -0.1) is 0 Å². The second-order valence-corrected chi connectivity index (χ2v) is 4.81. The van der Waals surface area contributed by atoms with E-state index in [9.17, 15) is 26.3 Å². The van der Waals surface area contributed by atoms with E-state index < -0.39 is 46.8 Å². The van der Waals surface area contributed by atoms with E-state index in [1.165, 1.54) is 0 Å². The highest BCUT2D eigenvalue weighted by atomic mass is 79.9. The fourth-order valence-corrected chi connectivity index (χ4v) is 2.13. The Morgan fingerprint density at radius 2 is 1.29 bits per heavy atom. The first-order valence-corrected chi connectivity index (χ1v) is 6.17. The lowest BCUT2D eigenvalue weighted by Gasteiger charge is -2.10. The molecule has 21 heavy (non-hydrogen) atoms. The minimum atomic E-state index is -3.43. The van der Waals surface area contributed by atoms with Crippen molar-refractivity contribution in [3.8, 4) is 16.9 Å². The molecule has 0 bridgehead atoms. The molecule has 0 N–H and O–H groups in total. The lowest BCUT2D eigenvalue weighted by Crippen LogP contribution is -2.06. The molecule has 0 spiro atoms. The van der Waals surface area contributed by atoms with E-state index in [2.05, 4.69) is 20.7 Å². The van der Waals surface area contributed by atoms with Crippen LogP contribution in [-0.4, -0.2) is 6.61 Å². The summed E-state index contributed by atoms with van der Waals surface area (Å²) in [5, 5.41) is 0. The lowest BCUT2D eigenvalue weighted by molar-refractivity contribution is -0.0546. The van der Waals surface area contributed by atoms with Gasteiger partial charge in [-0.2, -0.15) is 8.78 Å². The Hall–Kier alpha value is -1.70. The Bertz CT molecular complexity index is 642. The van der Waals surface area contributed by atoms with Crippen molar-refractivity contribution in [2.24, 2.45) is 0 Å². The molecule has 2 aromatic carbocycles. The third kappa shape index (κ3) is 3.31. The molecule has 0 aliphatic heterocycles. The number of halogens is 7. The molecule has 0 unspecified atom stereocenters. The Morgan fingerprint density at radius 1 is 0.810 bits per heavy atom. The maximum Gasteiger partial charge on any atom is 0.387 e. The van der Waals surface area contributed by atoms with Crippen molar-refractivity contribution in [2.45, 2.75) is 6.61 Å². The smallest absolute Gasteiger partial charge is 0.387 e. The van der Waals surface area contributed by atoms with Crippen LogP contribution in [0.25, 0.3) is 11.1 Å². The molecule has 0 aliphatic rings. The standard InChI is InChI=1S/C13H5BrF6O/c14-6-3-7(15)11(8(16)4-6)5-1-9(17)12(10(18)2-5)21-13(19)20/h1-4,13H. The van der Waals surface area contributed by atoms with Gasteiger partial charge in [-0.3, -0.25) is 0 Å². The number of hydrogen-bond donors (Lipinski definition) is 0. The van der Waals surface area contributed by atoms with Crippen LogP contribution >= 0.6 is 15.9 Å². The minimum Gasteiger partial charge on any atom is -0.429 e. The second kappa shape index (κ2) is 5.97. The predicted octanol–water partition coefficient (Wildman–Crippen LogP) is 5.27. The fourth-order valence-electron chi connectivity index (χ4n) is 1.72. The van der Waals surface area contributed by atoms with Gasteiger partial charge >= 0.3 is 6.61 Å². The van der Waals surface area contributed by atoms with Crippen molar-refractivity contribution in [3.63, 3.8) is 0 Å². The van der Waals surface area contributed by atoms with Crippen molar-refractivity contribution in [2.75, 3.05) is 0 Å². The molecule has 0 fully saturated rings. The minimum absolute atomic E-state index is 0.0971. The number of ether oxygens (including phenoxy) is 1. The van der Waals surface area contributed by atoms with Gasteiger partial charge < -0.3 is 4.74 Å². The highest BCUT2D eigenvalue weighted by Crippen LogP contribution is 2.33. The molecule has 0 heterocycles. The summed E-state index contributed by atoms with van der Waals surface area (Å²) in [6, 6.07) is 2.82. The maximum absolute atomic E-state index is 13.7. The van der Waals surface area contributed by atoms with Crippen LogP contribution in [0.3, 0.4) is 0 Å². The molecule has 0 aromatic heterocycles. The Morgan fingerprint density at radius 3 is 1.71 bits per heavy atom. The number of rotatable bonds is 3. The normalized spacial score (nSPS) is 11.0. The molecule has 0 radical (unpaired) electrons. The molecular weight excluding hydrogens is 366 g/mol. The van der Waals surface area contributed by atoms with Crippen molar-refractivity contribution < 1.29 is 31.1 Å². The first-order valence-electron chi connectivity index (χ1n) is 5.38. The van der Waals surface area contributed by atoms with Gasteiger partial charge in [0, 0.05) is 4.47 Å². The topological polar surface area (TPSA) is 9.23 Å². The first-order chi connectivity index (χ1) is 9.79.